The highest BCUT2D eigenvalue weighted by Gasteiger charge is 2.36. The van der Waals surface area contributed by atoms with Gasteiger partial charge in [-0.25, -0.2) is 0 Å². The van der Waals surface area contributed by atoms with Gasteiger partial charge < -0.3 is 9.64 Å². The van der Waals surface area contributed by atoms with Crippen LogP contribution >= 0.6 is 0 Å². The average molecular weight is 212 g/mol. The molecule has 2 rings (SSSR count). The van der Waals surface area contributed by atoms with E-state index >= 15 is 0 Å². The third kappa shape index (κ3) is 2.52. The van der Waals surface area contributed by atoms with E-state index in [0.29, 0.717) is 0 Å². The summed E-state index contributed by atoms with van der Waals surface area (Å²) in [5.41, 5.74) is 0. The lowest BCUT2D eigenvalue weighted by Gasteiger charge is -2.36. The van der Waals surface area contributed by atoms with Gasteiger partial charge in [-0.3, -0.25) is 4.90 Å². The first-order chi connectivity index (χ1) is 7.18. The maximum absolute atomic E-state index is 5.43. The minimum absolute atomic E-state index is 0.763. The van der Waals surface area contributed by atoms with Crippen LogP contribution in [0.25, 0.3) is 0 Å². The van der Waals surface area contributed by atoms with Gasteiger partial charge in [-0.05, 0) is 18.9 Å². The van der Waals surface area contributed by atoms with E-state index in [4.69, 9.17) is 4.74 Å². The van der Waals surface area contributed by atoms with Gasteiger partial charge in [0.2, 0.25) is 0 Å². The highest BCUT2D eigenvalue weighted by atomic mass is 16.5. The molecule has 0 N–H and O–H groups in total. The van der Waals surface area contributed by atoms with Crippen LogP contribution in [0.2, 0.25) is 0 Å². The molecule has 0 aliphatic carbocycles. The zero-order chi connectivity index (χ0) is 10.8. The monoisotopic (exact) mass is 212 g/mol. The Morgan fingerprint density at radius 3 is 2.40 bits per heavy atom. The van der Waals surface area contributed by atoms with Crippen molar-refractivity contribution in [2.24, 2.45) is 11.8 Å². The largest absolute Gasteiger partial charge is 0.379 e. The predicted molar refractivity (Wildman–Crippen MR) is 62.0 cm³/mol. The molecular weight excluding hydrogens is 188 g/mol. The van der Waals surface area contributed by atoms with Crippen LogP contribution in [0.5, 0.6) is 0 Å². The van der Waals surface area contributed by atoms with Crippen molar-refractivity contribution < 1.29 is 4.74 Å². The first kappa shape index (κ1) is 11.4. The van der Waals surface area contributed by atoms with Crippen LogP contribution in [-0.2, 0) is 4.74 Å². The van der Waals surface area contributed by atoms with Crippen LogP contribution < -0.4 is 0 Å². The average Bonchev–Trinajstić information content (AvgIpc) is 2.62. The van der Waals surface area contributed by atoms with Gasteiger partial charge in [0.05, 0.1) is 13.2 Å². The van der Waals surface area contributed by atoms with Gasteiger partial charge in [0, 0.05) is 32.2 Å². The van der Waals surface area contributed by atoms with Crippen LogP contribution in [0.3, 0.4) is 0 Å². The molecule has 2 saturated heterocycles. The summed E-state index contributed by atoms with van der Waals surface area (Å²) in [6.07, 6.45) is 0. The summed E-state index contributed by atoms with van der Waals surface area (Å²) in [5.74, 6) is 1.64. The lowest BCUT2D eigenvalue weighted by molar-refractivity contribution is 0.00673. The third-order valence-electron chi connectivity index (χ3n) is 3.89. The Balaban J connectivity index is 1.98. The summed E-state index contributed by atoms with van der Waals surface area (Å²) < 4.78 is 5.43. The Morgan fingerprint density at radius 2 is 1.80 bits per heavy atom. The van der Waals surface area contributed by atoms with Crippen molar-refractivity contribution in [3.8, 4) is 0 Å². The minimum Gasteiger partial charge on any atom is -0.379 e. The Kier molecular flexibility index (Phi) is 3.65. The predicted octanol–water partition coefficient (Wildman–Crippen LogP) is 0.905. The van der Waals surface area contributed by atoms with Gasteiger partial charge in [-0.15, -0.1) is 0 Å². The summed E-state index contributed by atoms with van der Waals surface area (Å²) in [6, 6.07) is 0.763. The molecule has 0 saturated carbocycles. The highest BCUT2D eigenvalue weighted by Crippen LogP contribution is 2.27. The summed E-state index contributed by atoms with van der Waals surface area (Å²) in [7, 11) is 2.25. The SMILES string of the molecule is CC(C)C1CN(C)CC1N1CCOCC1. The molecule has 0 bridgehead atoms. The van der Waals surface area contributed by atoms with E-state index in [-0.39, 0.29) is 0 Å². The van der Waals surface area contributed by atoms with Crippen molar-refractivity contribution in [1.82, 2.24) is 9.80 Å². The zero-order valence-corrected chi connectivity index (χ0v) is 10.3. The fourth-order valence-electron chi connectivity index (χ4n) is 2.96. The lowest BCUT2D eigenvalue weighted by atomic mass is 9.90. The standard InChI is InChI=1S/C12H24N2O/c1-10(2)11-8-13(3)9-12(11)14-4-6-15-7-5-14/h10-12H,4-9H2,1-3H3. The van der Waals surface area contributed by atoms with Crippen LogP contribution in [0.4, 0.5) is 0 Å². The van der Waals surface area contributed by atoms with Gasteiger partial charge in [-0.2, -0.15) is 0 Å². The molecule has 0 spiro atoms. The number of hydrogen-bond acceptors (Lipinski definition) is 3. The number of rotatable bonds is 2. The second kappa shape index (κ2) is 4.81. The molecule has 0 aromatic rings. The number of nitrogens with zero attached hydrogens (tertiary/aromatic N) is 2. The van der Waals surface area contributed by atoms with Gasteiger partial charge in [0.25, 0.3) is 0 Å². The Morgan fingerprint density at radius 1 is 1.13 bits per heavy atom. The smallest absolute Gasteiger partial charge is 0.0594 e. The Labute approximate surface area is 93.4 Å². The van der Waals surface area contributed by atoms with Crippen molar-refractivity contribution in [3.05, 3.63) is 0 Å². The number of likely N-dealkylation sites (tertiary alicyclic amines) is 1. The molecule has 2 heterocycles. The number of morpholine rings is 1. The third-order valence-corrected chi connectivity index (χ3v) is 3.89. The van der Waals surface area contributed by atoms with Crippen LogP contribution in [0, 0.1) is 11.8 Å². The molecule has 3 nitrogen and oxygen atoms in total. The van der Waals surface area contributed by atoms with Crippen molar-refractivity contribution in [2.75, 3.05) is 46.4 Å². The fraction of sp³-hybridized carbons (Fsp3) is 1.00. The van der Waals surface area contributed by atoms with Crippen molar-refractivity contribution >= 4 is 0 Å². The molecule has 0 aromatic heterocycles. The van der Waals surface area contributed by atoms with Gasteiger partial charge in [0.15, 0.2) is 0 Å². The Bertz CT molecular complexity index is 202. The second-order valence-corrected chi connectivity index (χ2v) is 5.34. The summed E-state index contributed by atoms with van der Waals surface area (Å²) in [4.78, 5) is 5.11. The molecule has 0 radical (unpaired) electrons. The zero-order valence-electron chi connectivity index (χ0n) is 10.3. The van der Waals surface area contributed by atoms with Crippen molar-refractivity contribution in [2.45, 2.75) is 19.9 Å². The first-order valence-electron chi connectivity index (χ1n) is 6.19. The van der Waals surface area contributed by atoms with Gasteiger partial charge in [0.1, 0.15) is 0 Å². The maximum atomic E-state index is 5.43. The molecule has 2 atom stereocenters. The topological polar surface area (TPSA) is 15.7 Å². The second-order valence-electron chi connectivity index (χ2n) is 5.34. The summed E-state index contributed by atoms with van der Waals surface area (Å²) >= 11 is 0. The molecular formula is C12H24N2O. The molecule has 0 amide bonds. The molecule has 2 fully saturated rings. The van der Waals surface area contributed by atoms with Crippen molar-refractivity contribution in [3.63, 3.8) is 0 Å². The van der Waals surface area contributed by atoms with E-state index in [0.717, 1.165) is 44.2 Å². The summed E-state index contributed by atoms with van der Waals surface area (Å²) in [6.45, 7) is 11.3. The van der Waals surface area contributed by atoms with Crippen LogP contribution in [0.15, 0.2) is 0 Å². The number of likely N-dealkylation sites (N-methyl/N-ethyl adjacent to an activating group) is 1. The van der Waals surface area contributed by atoms with E-state index in [1.54, 1.807) is 0 Å². The van der Waals surface area contributed by atoms with E-state index in [1.165, 1.54) is 13.1 Å². The molecule has 88 valence electrons. The molecule has 2 aliphatic rings. The Hall–Kier alpha value is -0.120. The van der Waals surface area contributed by atoms with E-state index in [2.05, 4.69) is 30.7 Å². The molecule has 3 heteroatoms. The molecule has 2 unspecified atom stereocenters. The number of ether oxygens (including phenoxy) is 1. The van der Waals surface area contributed by atoms with Crippen LogP contribution in [-0.4, -0.2) is 62.3 Å². The quantitative estimate of drug-likeness (QED) is 0.676. The molecule has 2 aliphatic heterocycles. The highest BCUT2D eigenvalue weighted by molar-refractivity contribution is 4.91. The molecule has 15 heavy (non-hydrogen) atoms. The van der Waals surface area contributed by atoms with E-state index < -0.39 is 0 Å². The normalized spacial score (nSPS) is 35.2. The maximum Gasteiger partial charge on any atom is 0.0594 e. The fourth-order valence-corrected chi connectivity index (χ4v) is 2.96. The summed E-state index contributed by atoms with van der Waals surface area (Å²) in [5, 5.41) is 0. The lowest BCUT2D eigenvalue weighted by Crippen LogP contribution is -2.48. The van der Waals surface area contributed by atoms with Gasteiger partial charge >= 0.3 is 0 Å². The van der Waals surface area contributed by atoms with Gasteiger partial charge in [-0.1, -0.05) is 13.8 Å². The van der Waals surface area contributed by atoms with E-state index in [1.807, 2.05) is 0 Å². The minimum atomic E-state index is 0.763. The van der Waals surface area contributed by atoms with Crippen LogP contribution in [0.1, 0.15) is 13.8 Å². The first-order valence-corrected chi connectivity index (χ1v) is 6.19. The number of hydrogen-bond donors (Lipinski definition) is 0. The van der Waals surface area contributed by atoms with Crippen molar-refractivity contribution in [1.29, 1.82) is 0 Å². The molecule has 0 aromatic carbocycles. The van der Waals surface area contributed by atoms with E-state index in [9.17, 15) is 0 Å².